The number of esters is 1. The molecular weight excluding hydrogens is 312 g/mol. The maximum atomic E-state index is 12.0. The lowest BCUT2D eigenvalue weighted by molar-refractivity contribution is -0.139. The van der Waals surface area contributed by atoms with E-state index in [1.807, 2.05) is 31.2 Å². The van der Waals surface area contributed by atoms with E-state index in [-0.39, 0.29) is 30.0 Å². The Balaban J connectivity index is 2.30. The number of carbonyl (C=O) groups excluding carboxylic acids is 2. The van der Waals surface area contributed by atoms with Crippen molar-refractivity contribution in [2.45, 2.75) is 26.2 Å². The quantitative estimate of drug-likeness (QED) is 0.840. The van der Waals surface area contributed by atoms with Crippen LogP contribution in [0.1, 0.15) is 30.4 Å². The van der Waals surface area contributed by atoms with Crippen LogP contribution >= 0.6 is 11.8 Å². The van der Waals surface area contributed by atoms with Crippen LogP contribution in [-0.4, -0.2) is 24.2 Å². The van der Waals surface area contributed by atoms with Crippen LogP contribution in [0, 0.1) is 18.3 Å². The number of hydrogen-bond donors (Lipinski definition) is 1. The van der Waals surface area contributed by atoms with Gasteiger partial charge < -0.3 is 10.1 Å². The summed E-state index contributed by atoms with van der Waals surface area (Å²) in [5, 5.41) is 12.7. The number of aryl methyl sites for hydroxylation is 1. The van der Waals surface area contributed by atoms with Gasteiger partial charge >= 0.3 is 5.97 Å². The molecule has 0 spiro atoms. The van der Waals surface area contributed by atoms with Gasteiger partial charge in [0, 0.05) is 12.3 Å². The van der Waals surface area contributed by atoms with Crippen LogP contribution in [0.4, 0.5) is 0 Å². The monoisotopic (exact) mass is 330 g/mol. The number of benzene rings is 1. The molecule has 0 fully saturated rings. The number of carbonyl (C=O) groups is 2. The van der Waals surface area contributed by atoms with Gasteiger partial charge in [-0.3, -0.25) is 9.59 Å². The van der Waals surface area contributed by atoms with Crippen molar-refractivity contribution in [1.82, 2.24) is 5.32 Å². The van der Waals surface area contributed by atoms with Gasteiger partial charge in [0.1, 0.15) is 0 Å². The molecule has 0 saturated heterocycles. The first kappa shape index (κ1) is 17.1. The molecule has 23 heavy (non-hydrogen) atoms. The van der Waals surface area contributed by atoms with Crippen molar-refractivity contribution in [2.24, 2.45) is 0 Å². The minimum Gasteiger partial charge on any atom is -0.465 e. The van der Waals surface area contributed by atoms with Gasteiger partial charge in [0.2, 0.25) is 5.91 Å². The van der Waals surface area contributed by atoms with Crippen LogP contribution in [-0.2, 0) is 14.3 Å². The number of thioether (sulfide) groups is 1. The Morgan fingerprint density at radius 3 is 2.87 bits per heavy atom. The van der Waals surface area contributed by atoms with Gasteiger partial charge in [0.25, 0.3) is 0 Å². The molecule has 1 heterocycles. The molecule has 1 N–H and O–H groups in total. The predicted octanol–water partition coefficient (Wildman–Crippen LogP) is 2.63. The number of nitrogens with zero attached hydrogens (tertiary/aromatic N) is 1. The smallest absolute Gasteiger partial charge is 0.316 e. The van der Waals surface area contributed by atoms with E-state index in [1.54, 1.807) is 6.92 Å². The van der Waals surface area contributed by atoms with E-state index in [9.17, 15) is 14.9 Å². The lowest BCUT2D eigenvalue weighted by Gasteiger charge is -2.26. The fraction of sp³-hybridized carbons (Fsp3) is 0.353. The molecule has 0 radical (unpaired) electrons. The molecule has 6 heteroatoms. The molecule has 0 aromatic heterocycles. The lowest BCUT2D eigenvalue weighted by atomic mass is 9.85. The molecule has 5 nitrogen and oxygen atoms in total. The van der Waals surface area contributed by atoms with Crippen LogP contribution in [0.5, 0.6) is 0 Å². The highest BCUT2D eigenvalue weighted by Gasteiger charge is 2.30. The van der Waals surface area contributed by atoms with Crippen LogP contribution in [0.3, 0.4) is 0 Å². The van der Waals surface area contributed by atoms with Crippen LogP contribution in [0.15, 0.2) is 34.9 Å². The Morgan fingerprint density at radius 1 is 1.48 bits per heavy atom. The average molecular weight is 330 g/mol. The zero-order valence-corrected chi connectivity index (χ0v) is 13.9. The summed E-state index contributed by atoms with van der Waals surface area (Å²) in [6.07, 6.45) is 0.233. The molecule has 120 valence electrons. The summed E-state index contributed by atoms with van der Waals surface area (Å²) in [7, 11) is 0. The van der Waals surface area contributed by atoms with Crippen LogP contribution in [0.25, 0.3) is 0 Å². The molecule has 1 aliphatic rings. The van der Waals surface area contributed by atoms with Gasteiger partial charge in [-0.1, -0.05) is 36.0 Å². The maximum Gasteiger partial charge on any atom is 0.316 e. The van der Waals surface area contributed by atoms with Gasteiger partial charge in [0.15, 0.2) is 0 Å². The van der Waals surface area contributed by atoms with E-state index < -0.39 is 0 Å². The molecule has 0 unspecified atom stereocenters. The van der Waals surface area contributed by atoms with Crippen LogP contribution < -0.4 is 5.32 Å². The largest absolute Gasteiger partial charge is 0.465 e. The fourth-order valence-electron chi connectivity index (χ4n) is 2.51. The third-order valence-corrected chi connectivity index (χ3v) is 4.55. The normalized spacial score (nSPS) is 17.4. The minimum atomic E-state index is -0.366. The first-order valence-corrected chi connectivity index (χ1v) is 8.33. The van der Waals surface area contributed by atoms with E-state index in [4.69, 9.17) is 4.74 Å². The van der Waals surface area contributed by atoms with Gasteiger partial charge in [-0.05, 0) is 25.0 Å². The van der Waals surface area contributed by atoms with Crippen molar-refractivity contribution in [3.63, 3.8) is 0 Å². The topological polar surface area (TPSA) is 79.2 Å². The molecular formula is C17H18N2O3S. The molecule has 1 aromatic rings. The van der Waals surface area contributed by atoms with Crippen molar-refractivity contribution in [3.05, 3.63) is 46.0 Å². The molecule has 1 atom stereocenters. The van der Waals surface area contributed by atoms with Crippen molar-refractivity contribution >= 4 is 23.6 Å². The first-order valence-electron chi connectivity index (χ1n) is 7.34. The molecule has 0 aliphatic carbocycles. The predicted molar refractivity (Wildman–Crippen MR) is 88.4 cm³/mol. The Labute approximate surface area is 139 Å². The zero-order valence-electron chi connectivity index (χ0n) is 13.1. The summed E-state index contributed by atoms with van der Waals surface area (Å²) >= 11 is 1.14. The second-order valence-corrected chi connectivity index (χ2v) is 6.10. The number of nitriles is 1. The number of hydrogen-bond acceptors (Lipinski definition) is 5. The highest BCUT2D eigenvalue weighted by Crippen LogP contribution is 2.37. The summed E-state index contributed by atoms with van der Waals surface area (Å²) in [5.74, 6) is -0.729. The van der Waals surface area contributed by atoms with Crippen LogP contribution in [0.2, 0.25) is 0 Å². The molecule has 1 amide bonds. The maximum absolute atomic E-state index is 12.0. The van der Waals surface area contributed by atoms with Crippen molar-refractivity contribution in [1.29, 1.82) is 5.26 Å². The number of allylic oxidation sites excluding steroid dienone is 1. The Morgan fingerprint density at radius 2 is 2.22 bits per heavy atom. The minimum absolute atomic E-state index is 0.0646. The van der Waals surface area contributed by atoms with E-state index in [0.29, 0.717) is 17.2 Å². The lowest BCUT2D eigenvalue weighted by Crippen LogP contribution is -2.31. The van der Waals surface area contributed by atoms with E-state index in [0.717, 1.165) is 22.9 Å². The molecule has 0 saturated carbocycles. The Bertz CT molecular complexity index is 691. The SMILES string of the molecule is CCOC(=O)CSC1=C(C#N)[C@H](c2ccccc2C)CC(=O)N1. The van der Waals surface area contributed by atoms with E-state index in [2.05, 4.69) is 11.4 Å². The number of nitrogens with one attached hydrogen (secondary N) is 1. The highest BCUT2D eigenvalue weighted by atomic mass is 32.2. The second kappa shape index (κ2) is 7.84. The van der Waals surface area contributed by atoms with E-state index >= 15 is 0 Å². The summed E-state index contributed by atoms with van der Waals surface area (Å²) in [6, 6.07) is 9.92. The summed E-state index contributed by atoms with van der Waals surface area (Å²) in [5.41, 5.74) is 2.50. The second-order valence-electron chi connectivity index (χ2n) is 5.11. The van der Waals surface area contributed by atoms with Crippen molar-refractivity contribution < 1.29 is 14.3 Å². The number of ether oxygens (including phenoxy) is 1. The van der Waals surface area contributed by atoms with Gasteiger partial charge in [-0.15, -0.1) is 0 Å². The number of rotatable bonds is 5. The Hall–Kier alpha value is -2.26. The third-order valence-electron chi connectivity index (χ3n) is 3.56. The van der Waals surface area contributed by atoms with Crippen molar-refractivity contribution in [2.75, 3.05) is 12.4 Å². The fourth-order valence-corrected chi connectivity index (χ4v) is 3.39. The zero-order chi connectivity index (χ0) is 16.8. The standard InChI is InChI=1S/C17H18N2O3S/c1-3-22-16(21)10-23-17-14(9-18)13(8-15(20)19-17)12-7-5-4-6-11(12)2/h4-7,13H,3,8,10H2,1-2H3,(H,19,20)/t13-/m0/s1. The molecule has 0 bridgehead atoms. The summed E-state index contributed by atoms with van der Waals surface area (Å²) < 4.78 is 4.88. The Kier molecular flexibility index (Phi) is 5.83. The summed E-state index contributed by atoms with van der Waals surface area (Å²) in [6.45, 7) is 4.00. The average Bonchev–Trinajstić information content (AvgIpc) is 2.53. The van der Waals surface area contributed by atoms with E-state index in [1.165, 1.54) is 0 Å². The molecule has 2 rings (SSSR count). The molecule has 1 aliphatic heterocycles. The van der Waals surface area contributed by atoms with Gasteiger partial charge in [-0.2, -0.15) is 5.26 Å². The van der Waals surface area contributed by atoms with Gasteiger partial charge in [-0.25, -0.2) is 0 Å². The van der Waals surface area contributed by atoms with Gasteiger partial charge in [0.05, 0.1) is 29.0 Å². The summed E-state index contributed by atoms with van der Waals surface area (Å²) in [4.78, 5) is 23.5. The third kappa shape index (κ3) is 4.14. The first-order chi connectivity index (χ1) is 11.1. The van der Waals surface area contributed by atoms with Crippen molar-refractivity contribution in [3.8, 4) is 6.07 Å². The number of amides is 1. The highest BCUT2D eigenvalue weighted by molar-refractivity contribution is 8.03. The molecule has 1 aromatic carbocycles.